The van der Waals surface area contributed by atoms with Gasteiger partial charge >= 0.3 is 6.09 Å². The topological polar surface area (TPSA) is 76.4 Å². The average molecular weight is 244 g/mol. The fourth-order valence-electron chi connectivity index (χ4n) is 1.56. The van der Waals surface area contributed by atoms with Gasteiger partial charge in [-0.3, -0.25) is 5.84 Å². The van der Waals surface area contributed by atoms with Crippen molar-refractivity contribution in [2.75, 3.05) is 12.0 Å². The predicted octanol–water partition coefficient (Wildman–Crippen LogP) is 1.04. The third-order valence-electron chi connectivity index (χ3n) is 2.34. The number of hydrazine groups is 1. The largest absolute Gasteiger partial charge is 0.447 e. The second-order valence-electron chi connectivity index (χ2n) is 3.49. The highest BCUT2D eigenvalue weighted by Crippen LogP contribution is 2.11. The number of anilines is 1. The van der Waals surface area contributed by atoms with E-state index in [1.54, 1.807) is 0 Å². The summed E-state index contributed by atoms with van der Waals surface area (Å²) >= 11 is 0. The van der Waals surface area contributed by atoms with Gasteiger partial charge in [-0.15, -0.1) is 12.4 Å². The van der Waals surface area contributed by atoms with Gasteiger partial charge < -0.3 is 15.5 Å². The van der Waals surface area contributed by atoms with Gasteiger partial charge in [-0.1, -0.05) is 12.1 Å². The molecular weight excluding hydrogens is 230 g/mol. The Morgan fingerprint density at radius 2 is 2.12 bits per heavy atom. The number of carbonyl (C=O) groups excluding carboxylic acids is 1. The Bertz CT molecular complexity index is 356. The van der Waals surface area contributed by atoms with Crippen molar-refractivity contribution < 1.29 is 9.53 Å². The number of hydrogen-bond acceptors (Lipinski definition) is 4. The van der Waals surface area contributed by atoms with Gasteiger partial charge in [-0.05, 0) is 24.1 Å². The quantitative estimate of drug-likeness (QED) is 0.548. The second kappa shape index (κ2) is 5.58. The summed E-state index contributed by atoms with van der Waals surface area (Å²) < 4.78 is 4.80. The van der Waals surface area contributed by atoms with E-state index >= 15 is 0 Å². The van der Waals surface area contributed by atoms with Crippen molar-refractivity contribution >= 4 is 24.2 Å². The van der Waals surface area contributed by atoms with Crippen molar-refractivity contribution in [3.05, 3.63) is 29.8 Å². The molecule has 1 heterocycles. The van der Waals surface area contributed by atoms with Crippen LogP contribution in [0.3, 0.4) is 0 Å². The highest BCUT2D eigenvalue weighted by Gasteiger charge is 2.21. The normalized spacial score (nSPS) is 18.3. The maximum absolute atomic E-state index is 10.8. The van der Waals surface area contributed by atoms with E-state index in [-0.39, 0.29) is 24.5 Å². The number of carbonyl (C=O) groups is 1. The van der Waals surface area contributed by atoms with Crippen LogP contribution in [0.15, 0.2) is 24.3 Å². The van der Waals surface area contributed by atoms with Crippen molar-refractivity contribution in [2.24, 2.45) is 5.84 Å². The molecule has 16 heavy (non-hydrogen) atoms. The number of ether oxygens (including phenoxy) is 1. The molecule has 1 saturated heterocycles. The fourth-order valence-corrected chi connectivity index (χ4v) is 1.56. The Labute approximate surface area is 99.7 Å². The lowest BCUT2D eigenvalue weighted by Gasteiger charge is -2.07. The van der Waals surface area contributed by atoms with Crippen molar-refractivity contribution in [1.82, 2.24) is 5.32 Å². The summed E-state index contributed by atoms with van der Waals surface area (Å²) in [5.41, 5.74) is 4.57. The molecule has 1 aromatic carbocycles. The number of cyclic esters (lactones) is 1. The lowest BCUT2D eigenvalue weighted by Crippen LogP contribution is -2.28. The number of halogens is 1. The van der Waals surface area contributed by atoms with Crippen LogP contribution in [0.1, 0.15) is 5.56 Å². The minimum Gasteiger partial charge on any atom is -0.447 e. The van der Waals surface area contributed by atoms with Gasteiger partial charge in [-0.2, -0.15) is 0 Å². The Balaban J connectivity index is 0.00000128. The lowest BCUT2D eigenvalue weighted by molar-refractivity contribution is 0.177. The van der Waals surface area contributed by atoms with Crippen LogP contribution in [0.4, 0.5) is 10.5 Å². The highest BCUT2D eigenvalue weighted by atomic mass is 35.5. The van der Waals surface area contributed by atoms with Crippen molar-refractivity contribution in [1.29, 1.82) is 0 Å². The number of nitrogens with one attached hydrogen (secondary N) is 2. The number of hydrogen-bond donors (Lipinski definition) is 3. The minimum absolute atomic E-state index is 0. The summed E-state index contributed by atoms with van der Waals surface area (Å²) in [6, 6.07) is 7.81. The monoisotopic (exact) mass is 243 g/mol. The molecule has 0 radical (unpaired) electrons. The molecular formula is C10H14ClN3O2. The predicted molar refractivity (Wildman–Crippen MR) is 63.5 cm³/mol. The van der Waals surface area contributed by atoms with Crippen LogP contribution in [0.25, 0.3) is 0 Å². The zero-order valence-corrected chi connectivity index (χ0v) is 9.42. The molecule has 1 amide bonds. The number of amides is 1. The summed E-state index contributed by atoms with van der Waals surface area (Å²) in [5, 5.41) is 2.73. The molecule has 0 aliphatic carbocycles. The smallest absolute Gasteiger partial charge is 0.407 e. The molecule has 0 saturated carbocycles. The molecule has 1 aliphatic heterocycles. The standard InChI is InChI=1S/C10H13N3O2.ClH/c11-13-8-3-1-7(2-4-8)5-9-6-15-10(14)12-9;/h1-4,9,13H,5-6,11H2,(H,12,14);1H/t9-;/m1./s1. The van der Waals surface area contributed by atoms with E-state index in [4.69, 9.17) is 10.6 Å². The molecule has 4 N–H and O–H groups in total. The van der Waals surface area contributed by atoms with E-state index in [0.29, 0.717) is 6.61 Å². The summed E-state index contributed by atoms with van der Waals surface area (Å²) in [7, 11) is 0. The Morgan fingerprint density at radius 3 is 2.62 bits per heavy atom. The summed E-state index contributed by atoms with van der Waals surface area (Å²) in [5.74, 6) is 5.25. The SMILES string of the molecule is Cl.NNc1ccc(C[C@@H]2COC(=O)N2)cc1. The van der Waals surface area contributed by atoms with Gasteiger partial charge in [0.05, 0.1) is 6.04 Å². The van der Waals surface area contributed by atoms with E-state index in [1.807, 2.05) is 24.3 Å². The third-order valence-corrected chi connectivity index (χ3v) is 2.34. The molecule has 0 unspecified atom stereocenters. The van der Waals surface area contributed by atoms with Crippen LogP contribution in [0.2, 0.25) is 0 Å². The summed E-state index contributed by atoms with van der Waals surface area (Å²) in [6.45, 7) is 0.440. The Morgan fingerprint density at radius 1 is 1.44 bits per heavy atom. The fraction of sp³-hybridized carbons (Fsp3) is 0.300. The van der Waals surface area contributed by atoms with Gasteiger partial charge in [0.25, 0.3) is 0 Å². The van der Waals surface area contributed by atoms with Crippen molar-refractivity contribution in [3.63, 3.8) is 0 Å². The molecule has 6 heteroatoms. The summed E-state index contributed by atoms with van der Waals surface area (Å²) in [6.07, 6.45) is 0.441. The van der Waals surface area contributed by atoms with Crippen LogP contribution in [0.5, 0.6) is 0 Å². The van der Waals surface area contributed by atoms with Crippen LogP contribution in [-0.4, -0.2) is 18.7 Å². The van der Waals surface area contributed by atoms with Crippen molar-refractivity contribution in [3.8, 4) is 0 Å². The van der Waals surface area contributed by atoms with E-state index in [1.165, 1.54) is 0 Å². The van der Waals surface area contributed by atoms with Gasteiger partial charge in [0.1, 0.15) is 6.61 Å². The van der Waals surface area contributed by atoms with E-state index < -0.39 is 0 Å². The molecule has 1 aliphatic rings. The Hall–Kier alpha value is -1.46. The second-order valence-corrected chi connectivity index (χ2v) is 3.49. The van der Waals surface area contributed by atoms with Crippen LogP contribution < -0.4 is 16.6 Å². The summed E-state index contributed by atoms with van der Waals surface area (Å²) in [4.78, 5) is 10.8. The number of benzene rings is 1. The third kappa shape index (κ3) is 3.01. The molecule has 0 spiro atoms. The zero-order chi connectivity index (χ0) is 10.7. The first-order valence-electron chi connectivity index (χ1n) is 4.77. The molecule has 88 valence electrons. The first-order valence-corrected chi connectivity index (χ1v) is 4.77. The van der Waals surface area contributed by atoms with E-state index in [9.17, 15) is 4.79 Å². The van der Waals surface area contributed by atoms with Gasteiger partial charge in [0.15, 0.2) is 0 Å². The van der Waals surface area contributed by atoms with E-state index in [0.717, 1.165) is 17.7 Å². The van der Waals surface area contributed by atoms with Gasteiger partial charge in [0.2, 0.25) is 0 Å². The van der Waals surface area contributed by atoms with Crippen LogP contribution in [-0.2, 0) is 11.2 Å². The lowest BCUT2D eigenvalue weighted by atomic mass is 10.1. The molecule has 2 rings (SSSR count). The number of nitrogen functional groups attached to an aromatic ring is 1. The molecule has 1 fully saturated rings. The van der Waals surface area contributed by atoms with Crippen LogP contribution >= 0.6 is 12.4 Å². The average Bonchev–Trinajstić information content (AvgIpc) is 2.65. The van der Waals surface area contributed by atoms with Gasteiger partial charge in [-0.25, -0.2) is 4.79 Å². The first-order chi connectivity index (χ1) is 7.28. The molecule has 5 nitrogen and oxygen atoms in total. The molecule has 1 aromatic rings. The highest BCUT2D eigenvalue weighted by molar-refractivity contribution is 5.85. The number of alkyl carbamates (subject to hydrolysis) is 1. The number of rotatable bonds is 3. The van der Waals surface area contributed by atoms with E-state index in [2.05, 4.69) is 10.7 Å². The maximum atomic E-state index is 10.8. The Kier molecular flexibility index (Phi) is 4.39. The van der Waals surface area contributed by atoms with Gasteiger partial charge in [0, 0.05) is 5.69 Å². The van der Waals surface area contributed by atoms with Crippen LogP contribution in [0, 0.1) is 0 Å². The maximum Gasteiger partial charge on any atom is 0.407 e. The minimum atomic E-state index is -0.333. The van der Waals surface area contributed by atoms with Crippen molar-refractivity contribution in [2.45, 2.75) is 12.5 Å². The zero-order valence-electron chi connectivity index (χ0n) is 8.60. The number of nitrogens with two attached hydrogens (primary N) is 1. The molecule has 1 atom stereocenters. The first kappa shape index (κ1) is 12.6. The molecule has 0 aromatic heterocycles. The molecule has 0 bridgehead atoms.